The zero-order valence-corrected chi connectivity index (χ0v) is 9.95. The first kappa shape index (κ1) is 14.2. The first-order valence-electron chi connectivity index (χ1n) is 3.78. The molecule has 0 radical (unpaired) electrons. The molecule has 1 N–H and O–H groups in total. The topological polar surface area (TPSA) is 55.4 Å². The van der Waals surface area contributed by atoms with Crippen LogP contribution in [0.2, 0.25) is 0 Å². The second-order valence-electron chi connectivity index (χ2n) is 2.55. The summed E-state index contributed by atoms with van der Waals surface area (Å²) in [5.41, 5.74) is 0. The lowest BCUT2D eigenvalue weighted by atomic mass is 10.3. The van der Waals surface area contributed by atoms with E-state index in [2.05, 4.69) is 20.7 Å². The van der Waals surface area contributed by atoms with Crippen molar-refractivity contribution in [3.05, 3.63) is 0 Å². The van der Waals surface area contributed by atoms with Crippen molar-refractivity contribution in [2.45, 2.75) is 18.2 Å². The third-order valence-electron chi connectivity index (χ3n) is 1.39. The molecule has 0 spiro atoms. The van der Waals surface area contributed by atoms with Crippen LogP contribution >= 0.6 is 15.9 Å². The summed E-state index contributed by atoms with van der Waals surface area (Å²) in [6.07, 6.45) is 0.389. The highest BCUT2D eigenvalue weighted by Crippen LogP contribution is 2.06. The maximum absolute atomic E-state index is 12.0. The SMILES string of the molecule is COCC(CCBr)NS(=O)(=O)C(F)F. The Bertz CT molecular complexity index is 241. The van der Waals surface area contributed by atoms with E-state index < -0.39 is 21.8 Å². The minimum Gasteiger partial charge on any atom is -0.383 e. The lowest BCUT2D eigenvalue weighted by molar-refractivity contribution is 0.170. The molecule has 14 heavy (non-hydrogen) atoms. The molecule has 1 atom stereocenters. The molecule has 86 valence electrons. The summed E-state index contributed by atoms with van der Waals surface area (Å²) in [6, 6.07) is -0.627. The predicted molar refractivity (Wildman–Crippen MR) is 52.1 cm³/mol. The fourth-order valence-corrected chi connectivity index (χ4v) is 2.10. The monoisotopic (exact) mass is 295 g/mol. The molecule has 0 aliphatic carbocycles. The lowest BCUT2D eigenvalue weighted by Gasteiger charge is -2.16. The van der Waals surface area contributed by atoms with Gasteiger partial charge in [-0.15, -0.1) is 0 Å². The predicted octanol–water partition coefficient (Wildman–Crippen LogP) is 0.928. The number of nitrogens with one attached hydrogen (secondary N) is 1. The molecule has 0 fully saturated rings. The van der Waals surface area contributed by atoms with Crippen LogP contribution in [0.3, 0.4) is 0 Å². The van der Waals surface area contributed by atoms with E-state index >= 15 is 0 Å². The van der Waals surface area contributed by atoms with Gasteiger partial charge in [-0.3, -0.25) is 0 Å². The van der Waals surface area contributed by atoms with E-state index in [1.165, 1.54) is 7.11 Å². The number of halogens is 3. The summed E-state index contributed by atoms with van der Waals surface area (Å²) in [7, 11) is -3.15. The summed E-state index contributed by atoms with van der Waals surface area (Å²) in [5.74, 6) is -3.41. The molecule has 0 saturated heterocycles. The Hall–Kier alpha value is 0.210. The molecule has 0 aliphatic rings. The van der Waals surface area contributed by atoms with Gasteiger partial charge in [-0.05, 0) is 6.42 Å². The maximum atomic E-state index is 12.0. The van der Waals surface area contributed by atoms with E-state index in [9.17, 15) is 17.2 Å². The third kappa shape index (κ3) is 5.18. The van der Waals surface area contributed by atoms with Crippen LogP contribution in [0, 0.1) is 0 Å². The van der Waals surface area contributed by atoms with Crippen molar-refractivity contribution in [3.8, 4) is 0 Å². The fraction of sp³-hybridized carbons (Fsp3) is 1.00. The highest BCUT2D eigenvalue weighted by atomic mass is 79.9. The molecule has 4 nitrogen and oxygen atoms in total. The third-order valence-corrected chi connectivity index (χ3v) is 2.98. The van der Waals surface area contributed by atoms with Crippen LogP contribution in [0.1, 0.15) is 6.42 Å². The first-order valence-corrected chi connectivity index (χ1v) is 6.45. The number of sulfonamides is 1. The van der Waals surface area contributed by atoms with Crippen molar-refractivity contribution < 1.29 is 21.9 Å². The van der Waals surface area contributed by atoms with Gasteiger partial charge in [0, 0.05) is 18.5 Å². The molecular weight excluding hydrogens is 284 g/mol. The summed E-state index contributed by atoms with van der Waals surface area (Å²) >= 11 is 3.09. The van der Waals surface area contributed by atoms with Crippen molar-refractivity contribution in [2.75, 3.05) is 19.0 Å². The highest BCUT2D eigenvalue weighted by Gasteiger charge is 2.26. The maximum Gasteiger partial charge on any atom is 0.350 e. The van der Waals surface area contributed by atoms with Crippen molar-refractivity contribution in [1.29, 1.82) is 0 Å². The molecule has 0 saturated carbocycles. The summed E-state index contributed by atoms with van der Waals surface area (Å²) in [5, 5.41) is 0.507. The number of hydrogen-bond acceptors (Lipinski definition) is 3. The van der Waals surface area contributed by atoms with Crippen LogP contribution in [-0.4, -0.2) is 39.3 Å². The summed E-state index contributed by atoms with van der Waals surface area (Å²) in [4.78, 5) is 0. The minimum atomic E-state index is -4.53. The Balaban J connectivity index is 4.28. The fourth-order valence-electron chi connectivity index (χ4n) is 0.793. The van der Waals surface area contributed by atoms with Crippen molar-refractivity contribution >= 4 is 26.0 Å². The van der Waals surface area contributed by atoms with Gasteiger partial charge in [-0.1, -0.05) is 15.9 Å². The molecule has 0 aromatic heterocycles. The quantitative estimate of drug-likeness (QED) is 0.711. The number of ether oxygens (including phenoxy) is 1. The molecule has 0 aliphatic heterocycles. The molecule has 1 unspecified atom stereocenters. The van der Waals surface area contributed by atoms with Crippen LogP contribution < -0.4 is 4.72 Å². The summed E-state index contributed by atoms with van der Waals surface area (Å²) < 4.78 is 52.0. The van der Waals surface area contributed by atoms with Gasteiger partial charge in [-0.25, -0.2) is 13.1 Å². The van der Waals surface area contributed by atoms with Gasteiger partial charge in [0.05, 0.1) is 6.61 Å². The zero-order chi connectivity index (χ0) is 11.2. The average Bonchev–Trinajstić information content (AvgIpc) is 2.04. The smallest absolute Gasteiger partial charge is 0.350 e. The average molecular weight is 296 g/mol. The van der Waals surface area contributed by atoms with E-state index in [-0.39, 0.29) is 6.61 Å². The largest absolute Gasteiger partial charge is 0.383 e. The Morgan fingerprint density at radius 3 is 2.43 bits per heavy atom. The summed E-state index contributed by atoms with van der Waals surface area (Å²) in [6.45, 7) is 0.0670. The van der Waals surface area contributed by atoms with E-state index in [1.54, 1.807) is 0 Å². The van der Waals surface area contributed by atoms with Gasteiger partial charge in [0.25, 0.3) is 10.0 Å². The number of alkyl halides is 3. The van der Waals surface area contributed by atoms with Crippen LogP contribution in [0.4, 0.5) is 8.78 Å². The normalized spacial score (nSPS) is 14.6. The van der Waals surface area contributed by atoms with Gasteiger partial charge >= 0.3 is 5.76 Å². The second-order valence-corrected chi connectivity index (χ2v) is 5.03. The van der Waals surface area contributed by atoms with Crippen LogP contribution in [0.15, 0.2) is 0 Å². The molecule has 0 aromatic rings. The molecule has 0 amide bonds. The number of methoxy groups -OCH3 is 1. The van der Waals surface area contributed by atoms with Crippen LogP contribution in [0.25, 0.3) is 0 Å². The molecular formula is C6H12BrF2NO3S. The van der Waals surface area contributed by atoms with E-state index in [1.807, 2.05) is 4.72 Å². The molecule has 0 rings (SSSR count). The van der Waals surface area contributed by atoms with Crippen molar-refractivity contribution in [3.63, 3.8) is 0 Å². The molecule has 0 aromatic carbocycles. The van der Waals surface area contributed by atoms with Crippen molar-refractivity contribution in [2.24, 2.45) is 0 Å². The van der Waals surface area contributed by atoms with Gasteiger partial charge in [-0.2, -0.15) is 8.78 Å². The van der Waals surface area contributed by atoms with E-state index in [4.69, 9.17) is 0 Å². The lowest BCUT2D eigenvalue weighted by Crippen LogP contribution is -2.41. The van der Waals surface area contributed by atoms with Gasteiger partial charge < -0.3 is 4.74 Å². The van der Waals surface area contributed by atoms with E-state index in [0.29, 0.717) is 11.8 Å². The standard InChI is InChI=1S/C6H12BrF2NO3S/c1-13-4-5(2-3-7)10-14(11,12)6(8)9/h5-6,10H,2-4H2,1H3. The molecule has 0 bridgehead atoms. The zero-order valence-electron chi connectivity index (χ0n) is 7.54. The first-order chi connectivity index (χ1) is 6.44. The number of hydrogen-bond donors (Lipinski definition) is 1. The Kier molecular flexibility index (Phi) is 6.75. The Morgan fingerprint density at radius 2 is 2.07 bits per heavy atom. The second kappa shape index (κ2) is 6.65. The van der Waals surface area contributed by atoms with Gasteiger partial charge in [0.2, 0.25) is 0 Å². The number of rotatable bonds is 7. The van der Waals surface area contributed by atoms with Gasteiger partial charge in [0.1, 0.15) is 0 Å². The Labute approximate surface area is 90.2 Å². The highest BCUT2D eigenvalue weighted by molar-refractivity contribution is 9.09. The molecule has 8 heteroatoms. The minimum absolute atomic E-state index is 0.0670. The van der Waals surface area contributed by atoms with Crippen molar-refractivity contribution in [1.82, 2.24) is 4.72 Å². The van der Waals surface area contributed by atoms with Gasteiger partial charge in [0.15, 0.2) is 0 Å². The van der Waals surface area contributed by atoms with Crippen LogP contribution in [-0.2, 0) is 14.8 Å². The molecule has 0 heterocycles. The Morgan fingerprint density at radius 1 is 1.50 bits per heavy atom. The van der Waals surface area contributed by atoms with Crippen LogP contribution in [0.5, 0.6) is 0 Å². The van der Waals surface area contributed by atoms with E-state index in [0.717, 1.165) is 0 Å².